The van der Waals surface area contributed by atoms with Gasteiger partial charge in [0.2, 0.25) is 34.8 Å². The normalized spacial score (nSPS) is 16.7. The number of benzene rings is 1. The van der Waals surface area contributed by atoms with Crippen LogP contribution in [0.4, 0.5) is 26.7 Å². The molecule has 4 nitrogen and oxygen atoms in total. The second-order valence-corrected chi connectivity index (χ2v) is 6.38. The predicted octanol–water partition coefficient (Wildman–Crippen LogP) is 5.51. The van der Waals surface area contributed by atoms with E-state index in [1.165, 1.54) is 12.4 Å². The summed E-state index contributed by atoms with van der Waals surface area (Å²) in [6.45, 7) is 0. The lowest BCUT2D eigenvalue weighted by Gasteiger charge is -2.17. The van der Waals surface area contributed by atoms with Gasteiger partial charge in [-0.25, -0.2) is 18.0 Å². The van der Waals surface area contributed by atoms with Gasteiger partial charge in [0.05, 0.1) is 5.71 Å². The number of ether oxygens (including phenoxy) is 1. The van der Waals surface area contributed by atoms with E-state index in [-0.39, 0.29) is 11.6 Å². The van der Waals surface area contributed by atoms with Gasteiger partial charge in [0.25, 0.3) is 0 Å². The summed E-state index contributed by atoms with van der Waals surface area (Å²) < 4.78 is 71.5. The zero-order valence-electron chi connectivity index (χ0n) is 15.0. The fourth-order valence-corrected chi connectivity index (χ4v) is 2.97. The van der Waals surface area contributed by atoms with Crippen LogP contribution in [0.5, 0.6) is 5.75 Å². The monoisotopic (exact) mass is 410 g/mol. The molecule has 0 saturated carbocycles. The number of halogens is 5. The molecule has 1 atom stereocenters. The standard InChI is InChI=1S/C20H15F5N2O2/c21-14-15(22)17(24)19(18(25)16(14)23)29-20(28)27-13(12-6-8-26-9-7-12)10-11-4-2-1-3-5-11/h2,4,6-9,11H,1,3,5,10H2/b27-13+. The number of carbonyl (C=O) groups excluding carboxylic acids is 1. The maximum absolute atomic E-state index is 13.7. The summed E-state index contributed by atoms with van der Waals surface area (Å²) in [5.41, 5.74) is 0.770. The van der Waals surface area contributed by atoms with E-state index in [2.05, 4.69) is 14.7 Å². The van der Waals surface area contributed by atoms with E-state index in [9.17, 15) is 26.7 Å². The second kappa shape index (κ2) is 8.93. The third-order valence-electron chi connectivity index (χ3n) is 4.41. The molecule has 3 rings (SSSR count). The Morgan fingerprint density at radius 1 is 1.03 bits per heavy atom. The number of aliphatic imine (C=N–C) groups is 1. The number of hydrogen-bond acceptors (Lipinski definition) is 3. The van der Waals surface area contributed by atoms with Crippen LogP contribution in [0.1, 0.15) is 31.2 Å². The lowest BCUT2D eigenvalue weighted by atomic mass is 9.89. The minimum Gasteiger partial charge on any atom is -0.402 e. The average Bonchev–Trinajstić information content (AvgIpc) is 2.75. The fourth-order valence-electron chi connectivity index (χ4n) is 2.97. The lowest BCUT2D eigenvalue weighted by molar-refractivity contribution is 0.204. The van der Waals surface area contributed by atoms with E-state index in [0.29, 0.717) is 12.0 Å². The van der Waals surface area contributed by atoms with Crippen molar-refractivity contribution in [2.75, 3.05) is 0 Å². The number of nitrogens with zero attached hydrogens (tertiary/aromatic N) is 2. The van der Waals surface area contributed by atoms with Crippen LogP contribution in [0.2, 0.25) is 0 Å². The van der Waals surface area contributed by atoms with Crippen LogP contribution in [-0.4, -0.2) is 16.8 Å². The molecule has 0 saturated heterocycles. The molecule has 1 aromatic heterocycles. The zero-order valence-corrected chi connectivity index (χ0v) is 15.0. The fraction of sp³-hybridized carbons (Fsp3) is 0.250. The van der Waals surface area contributed by atoms with Crippen molar-refractivity contribution in [3.63, 3.8) is 0 Å². The Kier molecular flexibility index (Phi) is 6.36. The van der Waals surface area contributed by atoms with E-state index >= 15 is 0 Å². The SMILES string of the molecule is O=C(/N=C(\CC1C=CCCC1)c1ccncc1)Oc1c(F)c(F)c(F)c(F)c1F. The number of amides is 1. The molecule has 9 heteroatoms. The molecule has 1 aliphatic carbocycles. The van der Waals surface area contributed by atoms with E-state index in [0.717, 1.165) is 19.3 Å². The van der Waals surface area contributed by atoms with Gasteiger partial charge in [0, 0.05) is 12.4 Å². The van der Waals surface area contributed by atoms with Crippen LogP contribution in [-0.2, 0) is 0 Å². The van der Waals surface area contributed by atoms with Crippen molar-refractivity contribution in [3.8, 4) is 5.75 Å². The minimum atomic E-state index is -2.34. The Labute approximate surface area is 162 Å². The Morgan fingerprint density at radius 2 is 1.66 bits per heavy atom. The van der Waals surface area contributed by atoms with E-state index in [4.69, 9.17) is 0 Å². The van der Waals surface area contributed by atoms with Gasteiger partial charge < -0.3 is 4.74 Å². The molecular weight excluding hydrogens is 395 g/mol. The van der Waals surface area contributed by atoms with E-state index in [1.807, 2.05) is 12.2 Å². The number of pyridine rings is 1. The summed E-state index contributed by atoms with van der Waals surface area (Å²) in [4.78, 5) is 19.7. The van der Waals surface area contributed by atoms with Crippen LogP contribution in [0.15, 0.2) is 41.7 Å². The molecule has 0 fully saturated rings. The number of hydrogen-bond donors (Lipinski definition) is 0. The molecule has 1 unspecified atom stereocenters. The second-order valence-electron chi connectivity index (χ2n) is 6.38. The molecule has 1 aromatic carbocycles. The maximum atomic E-state index is 13.7. The van der Waals surface area contributed by atoms with Crippen molar-refractivity contribution >= 4 is 11.8 Å². The molecule has 0 N–H and O–H groups in total. The van der Waals surface area contributed by atoms with Gasteiger partial charge in [-0.1, -0.05) is 12.2 Å². The highest BCUT2D eigenvalue weighted by molar-refractivity contribution is 6.05. The topological polar surface area (TPSA) is 51.5 Å². The van der Waals surface area contributed by atoms with Crippen molar-refractivity contribution < 1.29 is 31.5 Å². The van der Waals surface area contributed by atoms with Crippen molar-refractivity contribution in [3.05, 3.63) is 71.3 Å². The van der Waals surface area contributed by atoms with Gasteiger partial charge in [0.15, 0.2) is 0 Å². The van der Waals surface area contributed by atoms with Crippen LogP contribution in [0.3, 0.4) is 0 Å². The van der Waals surface area contributed by atoms with Crippen LogP contribution < -0.4 is 4.74 Å². The van der Waals surface area contributed by atoms with Crippen LogP contribution >= 0.6 is 0 Å². The molecule has 1 heterocycles. The largest absolute Gasteiger partial charge is 0.439 e. The van der Waals surface area contributed by atoms with E-state index < -0.39 is 40.9 Å². The number of rotatable bonds is 4. The number of aromatic nitrogens is 1. The summed E-state index contributed by atoms with van der Waals surface area (Å²) >= 11 is 0. The highest BCUT2D eigenvalue weighted by Gasteiger charge is 2.28. The molecule has 29 heavy (non-hydrogen) atoms. The third kappa shape index (κ3) is 4.67. The smallest absolute Gasteiger partial charge is 0.402 e. The predicted molar refractivity (Wildman–Crippen MR) is 94.1 cm³/mol. The first kappa shape index (κ1) is 20.6. The Morgan fingerprint density at radius 3 is 2.24 bits per heavy atom. The van der Waals surface area contributed by atoms with Crippen LogP contribution in [0.25, 0.3) is 0 Å². The van der Waals surface area contributed by atoms with Gasteiger partial charge in [0.1, 0.15) is 0 Å². The average molecular weight is 410 g/mol. The molecule has 0 radical (unpaired) electrons. The first-order valence-corrected chi connectivity index (χ1v) is 8.76. The summed E-state index contributed by atoms with van der Waals surface area (Å²) in [5, 5.41) is 0. The summed E-state index contributed by atoms with van der Waals surface area (Å²) in [6.07, 6.45) is 8.51. The van der Waals surface area contributed by atoms with Crippen molar-refractivity contribution in [2.24, 2.45) is 10.9 Å². The highest BCUT2D eigenvalue weighted by atomic mass is 19.2. The van der Waals surface area contributed by atoms with Gasteiger partial charge in [-0.3, -0.25) is 4.98 Å². The molecular formula is C20H15F5N2O2. The van der Waals surface area contributed by atoms with Crippen LogP contribution in [0, 0.1) is 35.0 Å². The third-order valence-corrected chi connectivity index (χ3v) is 4.41. The Balaban J connectivity index is 1.91. The molecule has 0 bridgehead atoms. The summed E-state index contributed by atoms with van der Waals surface area (Å²) in [7, 11) is 0. The quantitative estimate of drug-likeness (QED) is 0.220. The molecule has 0 aliphatic heterocycles. The van der Waals surface area contributed by atoms with Crippen molar-refractivity contribution in [1.29, 1.82) is 0 Å². The molecule has 2 aromatic rings. The molecule has 0 spiro atoms. The summed E-state index contributed by atoms with van der Waals surface area (Å²) in [6, 6.07) is 3.16. The molecule has 1 amide bonds. The van der Waals surface area contributed by atoms with E-state index in [1.54, 1.807) is 12.1 Å². The number of allylic oxidation sites excluding steroid dienone is 2. The first-order valence-electron chi connectivity index (χ1n) is 8.76. The maximum Gasteiger partial charge on any atom is 0.439 e. The zero-order chi connectivity index (χ0) is 21.0. The summed E-state index contributed by atoms with van der Waals surface area (Å²) in [5.74, 6) is -12.9. The van der Waals surface area contributed by atoms with Gasteiger partial charge in [-0.2, -0.15) is 13.8 Å². The van der Waals surface area contributed by atoms with Crippen molar-refractivity contribution in [2.45, 2.75) is 25.7 Å². The Hall–Kier alpha value is -3.10. The highest BCUT2D eigenvalue weighted by Crippen LogP contribution is 2.29. The minimum absolute atomic E-state index is 0.0812. The Bertz CT molecular complexity index is 948. The lowest BCUT2D eigenvalue weighted by Crippen LogP contribution is -2.15. The van der Waals surface area contributed by atoms with Gasteiger partial charge in [-0.15, -0.1) is 0 Å². The molecule has 152 valence electrons. The molecule has 1 aliphatic rings. The van der Waals surface area contributed by atoms with Gasteiger partial charge >= 0.3 is 6.09 Å². The number of carbonyl (C=O) groups is 1. The van der Waals surface area contributed by atoms with Gasteiger partial charge in [-0.05, 0) is 49.3 Å². The first-order chi connectivity index (χ1) is 13.9. The van der Waals surface area contributed by atoms with Crippen molar-refractivity contribution in [1.82, 2.24) is 4.98 Å².